The number of fused-ring (bicyclic) bond motifs is 1. The van der Waals surface area contributed by atoms with Crippen LogP contribution in [-0.4, -0.2) is 35.7 Å². The van der Waals surface area contributed by atoms with Crippen LogP contribution in [0, 0.1) is 5.92 Å². The van der Waals surface area contributed by atoms with E-state index in [9.17, 15) is 9.90 Å². The van der Waals surface area contributed by atoms with Gasteiger partial charge in [0.15, 0.2) is 0 Å². The van der Waals surface area contributed by atoms with E-state index in [-0.39, 0.29) is 18.1 Å². The third-order valence-corrected chi connectivity index (χ3v) is 5.08. The zero-order valence-electron chi connectivity index (χ0n) is 13.3. The molecule has 1 aromatic carbocycles. The van der Waals surface area contributed by atoms with E-state index >= 15 is 0 Å². The zero-order valence-corrected chi connectivity index (χ0v) is 13.3. The number of aliphatic hydroxyl groups is 1. The number of aliphatic hydroxyl groups excluding tert-OH is 1. The molecule has 1 aromatic rings. The molecule has 4 heteroatoms. The summed E-state index contributed by atoms with van der Waals surface area (Å²) < 4.78 is 0. The average molecular weight is 302 g/mol. The van der Waals surface area contributed by atoms with Gasteiger partial charge in [0, 0.05) is 26.1 Å². The number of hydrogen-bond donors (Lipinski definition) is 2. The number of hydrogen-bond acceptors (Lipinski definition) is 2. The predicted octanol–water partition coefficient (Wildman–Crippen LogP) is 2.48. The molecule has 0 spiro atoms. The molecule has 1 saturated carbocycles. The molecule has 2 amide bonds. The molecule has 120 valence electrons. The van der Waals surface area contributed by atoms with E-state index in [0.717, 1.165) is 25.7 Å². The lowest BCUT2D eigenvalue weighted by molar-refractivity contribution is 0.114. The van der Waals surface area contributed by atoms with Crippen molar-refractivity contribution in [3.63, 3.8) is 0 Å². The lowest BCUT2D eigenvalue weighted by Gasteiger charge is -2.23. The van der Waals surface area contributed by atoms with Gasteiger partial charge < -0.3 is 15.3 Å². The summed E-state index contributed by atoms with van der Waals surface area (Å²) in [6, 6.07) is 6.48. The first-order valence-corrected chi connectivity index (χ1v) is 8.41. The molecule has 0 saturated heterocycles. The molecule has 3 rings (SSSR count). The summed E-state index contributed by atoms with van der Waals surface area (Å²) in [6.07, 6.45) is 6.31. The van der Waals surface area contributed by atoms with Crippen molar-refractivity contribution in [3.8, 4) is 0 Å². The van der Waals surface area contributed by atoms with Crippen molar-refractivity contribution in [2.75, 3.05) is 13.6 Å². The van der Waals surface area contributed by atoms with Crippen molar-refractivity contribution in [2.24, 2.45) is 5.92 Å². The van der Waals surface area contributed by atoms with E-state index in [0.29, 0.717) is 13.1 Å². The molecule has 2 N–H and O–H groups in total. The van der Waals surface area contributed by atoms with E-state index < -0.39 is 0 Å². The summed E-state index contributed by atoms with van der Waals surface area (Å²) in [5, 5.41) is 12.8. The average Bonchev–Trinajstić information content (AvgIpc) is 3.13. The molecule has 0 radical (unpaired) electrons. The molecular weight excluding hydrogens is 276 g/mol. The highest BCUT2D eigenvalue weighted by Gasteiger charge is 2.27. The maximum Gasteiger partial charge on any atom is 0.317 e. The van der Waals surface area contributed by atoms with Crippen LogP contribution in [0.3, 0.4) is 0 Å². The van der Waals surface area contributed by atoms with Crippen molar-refractivity contribution in [3.05, 3.63) is 34.9 Å². The van der Waals surface area contributed by atoms with Crippen molar-refractivity contribution >= 4 is 6.03 Å². The van der Waals surface area contributed by atoms with Gasteiger partial charge in [-0.25, -0.2) is 4.79 Å². The Morgan fingerprint density at radius 3 is 2.86 bits per heavy atom. The summed E-state index contributed by atoms with van der Waals surface area (Å²) in [5.41, 5.74) is 4.07. The second-order valence-electron chi connectivity index (χ2n) is 6.75. The molecule has 2 aliphatic rings. The molecule has 4 nitrogen and oxygen atoms in total. The van der Waals surface area contributed by atoms with Gasteiger partial charge in [0.25, 0.3) is 0 Å². The monoisotopic (exact) mass is 302 g/mol. The first-order chi connectivity index (χ1) is 10.6. The number of urea groups is 1. The van der Waals surface area contributed by atoms with E-state index in [2.05, 4.69) is 23.5 Å². The zero-order chi connectivity index (χ0) is 15.5. The molecule has 2 unspecified atom stereocenters. The number of amides is 2. The fraction of sp³-hybridized carbons (Fsp3) is 0.611. The molecule has 1 fully saturated rings. The van der Waals surface area contributed by atoms with E-state index in [1.165, 1.54) is 29.5 Å². The molecule has 0 aromatic heterocycles. The number of aryl methyl sites for hydroxylation is 2. The minimum absolute atomic E-state index is 0.0559. The minimum Gasteiger partial charge on any atom is -0.393 e. The van der Waals surface area contributed by atoms with Crippen LogP contribution in [0.2, 0.25) is 0 Å². The molecule has 0 bridgehead atoms. The van der Waals surface area contributed by atoms with Gasteiger partial charge in [-0.1, -0.05) is 24.6 Å². The van der Waals surface area contributed by atoms with Gasteiger partial charge in [-0.15, -0.1) is 0 Å². The van der Waals surface area contributed by atoms with Gasteiger partial charge in [0.2, 0.25) is 0 Å². The van der Waals surface area contributed by atoms with Gasteiger partial charge in [-0.05, 0) is 48.8 Å². The molecule has 0 heterocycles. The quantitative estimate of drug-likeness (QED) is 0.898. The van der Waals surface area contributed by atoms with Gasteiger partial charge in [0.1, 0.15) is 0 Å². The topological polar surface area (TPSA) is 52.6 Å². The Kier molecular flexibility index (Phi) is 4.67. The van der Waals surface area contributed by atoms with Crippen LogP contribution in [0.4, 0.5) is 4.79 Å². The van der Waals surface area contributed by atoms with Crippen LogP contribution in [0.5, 0.6) is 0 Å². The van der Waals surface area contributed by atoms with Gasteiger partial charge in [0.05, 0.1) is 6.10 Å². The number of carbonyl (C=O) groups excluding carboxylic acids is 1. The van der Waals surface area contributed by atoms with Crippen LogP contribution < -0.4 is 5.32 Å². The van der Waals surface area contributed by atoms with Gasteiger partial charge in [-0.3, -0.25) is 0 Å². The molecule has 2 atom stereocenters. The smallest absolute Gasteiger partial charge is 0.317 e. The lowest BCUT2D eigenvalue weighted by atomic mass is 10.1. The van der Waals surface area contributed by atoms with Crippen molar-refractivity contribution in [2.45, 2.75) is 51.2 Å². The second-order valence-corrected chi connectivity index (χ2v) is 6.75. The van der Waals surface area contributed by atoms with Crippen LogP contribution in [-0.2, 0) is 19.4 Å². The van der Waals surface area contributed by atoms with E-state index in [1.54, 1.807) is 4.90 Å². The predicted molar refractivity (Wildman–Crippen MR) is 86.7 cm³/mol. The fourth-order valence-electron chi connectivity index (χ4n) is 3.71. The number of carbonyl (C=O) groups is 1. The minimum atomic E-state index is -0.244. The highest BCUT2D eigenvalue weighted by atomic mass is 16.3. The Hall–Kier alpha value is -1.55. The number of nitrogens with zero attached hydrogens (tertiary/aromatic N) is 1. The highest BCUT2D eigenvalue weighted by Crippen LogP contribution is 2.26. The Balaban J connectivity index is 1.49. The third kappa shape index (κ3) is 3.43. The Labute approximate surface area is 132 Å². The van der Waals surface area contributed by atoms with Crippen molar-refractivity contribution in [1.29, 1.82) is 0 Å². The summed E-state index contributed by atoms with van der Waals surface area (Å²) in [6.45, 7) is 1.21. The van der Waals surface area contributed by atoms with Gasteiger partial charge >= 0.3 is 6.03 Å². The SMILES string of the molecule is CN(CC1CCCC1O)C(=O)NCc1ccc2c(c1)CCC2. The van der Waals surface area contributed by atoms with Crippen LogP contribution in [0.1, 0.15) is 42.4 Å². The normalized spacial score (nSPS) is 23.4. The lowest BCUT2D eigenvalue weighted by Crippen LogP contribution is -2.40. The third-order valence-electron chi connectivity index (χ3n) is 5.08. The molecule has 22 heavy (non-hydrogen) atoms. The van der Waals surface area contributed by atoms with Crippen molar-refractivity contribution < 1.29 is 9.90 Å². The Morgan fingerprint density at radius 1 is 1.27 bits per heavy atom. The van der Waals surface area contributed by atoms with Gasteiger partial charge in [-0.2, -0.15) is 0 Å². The summed E-state index contributed by atoms with van der Waals surface area (Å²) >= 11 is 0. The van der Waals surface area contributed by atoms with E-state index in [4.69, 9.17) is 0 Å². The highest BCUT2D eigenvalue weighted by molar-refractivity contribution is 5.73. The van der Waals surface area contributed by atoms with Crippen molar-refractivity contribution in [1.82, 2.24) is 10.2 Å². The first-order valence-electron chi connectivity index (χ1n) is 8.41. The summed E-state index contributed by atoms with van der Waals surface area (Å²) in [7, 11) is 1.81. The van der Waals surface area contributed by atoms with Crippen LogP contribution >= 0.6 is 0 Å². The van der Waals surface area contributed by atoms with Crippen LogP contribution in [0.25, 0.3) is 0 Å². The summed E-state index contributed by atoms with van der Waals surface area (Å²) in [4.78, 5) is 13.9. The summed E-state index contributed by atoms with van der Waals surface area (Å²) in [5.74, 6) is 0.232. The fourth-order valence-corrected chi connectivity index (χ4v) is 3.71. The second kappa shape index (κ2) is 6.69. The molecule has 0 aliphatic heterocycles. The number of rotatable bonds is 4. The number of benzene rings is 1. The Bertz CT molecular complexity index is 544. The maximum atomic E-state index is 12.2. The molecule has 2 aliphatic carbocycles. The standard InChI is InChI=1S/C18H26N2O2/c1-20(12-16-6-3-7-17(16)21)18(22)19-11-13-8-9-14-4-2-5-15(14)10-13/h8-10,16-17,21H,2-7,11-12H2,1H3,(H,19,22). The van der Waals surface area contributed by atoms with E-state index in [1.807, 2.05) is 7.05 Å². The Morgan fingerprint density at radius 2 is 2.09 bits per heavy atom. The molecular formula is C18H26N2O2. The number of nitrogens with one attached hydrogen (secondary N) is 1. The largest absolute Gasteiger partial charge is 0.393 e. The maximum absolute atomic E-state index is 12.2. The van der Waals surface area contributed by atoms with Crippen LogP contribution in [0.15, 0.2) is 18.2 Å². The first kappa shape index (κ1) is 15.3.